The average molecular weight is 2120 g/mol. The van der Waals surface area contributed by atoms with Crippen molar-refractivity contribution >= 4 is 70.3 Å². The summed E-state index contributed by atoms with van der Waals surface area (Å²) < 4.78 is 63.7. The van der Waals surface area contributed by atoms with Crippen LogP contribution in [0.1, 0.15) is 350 Å². The molecule has 0 bridgehead atoms. The second kappa shape index (κ2) is 72.7. The summed E-state index contributed by atoms with van der Waals surface area (Å²) in [7, 11) is 0. The van der Waals surface area contributed by atoms with E-state index < -0.39 is 48.6 Å². The zero-order valence-corrected chi connectivity index (χ0v) is 90.5. The van der Waals surface area contributed by atoms with E-state index in [1.54, 1.807) is 13.8 Å². The van der Waals surface area contributed by atoms with Crippen LogP contribution in [-0.4, -0.2) is 272 Å². The minimum Gasteiger partial charge on any atom is -0.486 e. The summed E-state index contributed by atoms with van der Waals surface area (Å²) in [6.07, 6.45) is 26.2. The van der Waals surface area contributed by atoms with Crippen LogP contribution in [0.5, 0.6) is 46.0 Å². The number of esters is 3. The number of amides is 4. The molecule has 0 radical (unpaired) electrons. The molecule has 0 saturated carbocycles. The number of carboxylic acid groups (broad SMARTS) is 2. The van der Waals surface area contributed by atoms with E-state index in [1.807, 2.05) is 114 Å². The van der Waals surface area contributed by atoms with Crippen LogP contribution >= 0.6 is 11.6 Å². The minimum atomic E-state index is -2.27. The predicted molar refractivity (Wildman–Crippen MR) is 576 cm³/mol. The normalized spacial score (nSPS) is 16.9. The molecule has 4 fully saturated rings. The van der Waals surface area contributed by atoms with E-state index in [2.05, 4.69) is 68.6 Å². The van der Waals surface area contributed by atoms with Gasteiger partial charge in [0.2, 0.25) is 28.9 Å². The second-order valence-corrected chi connectivity index (χ2v) is 40.9. The maximum atomic E-state index is 12.9. The number of likely N-dealkylation sites (tertiary alicyclic amines) is 4. The SMILES string of the molecule is C.C.CC(C)C(=O)Cl.CCCCCCCC(=O)N[C@H](CN1CCCC1)[C@H](O)c1ccc2c(c1)OCCO2.CCCCCCCC(=O)N[C@H](CN1CCCC1)[C@H](OC(=O)C(C)C)c1ccc2c(c1)OCCO2.CCCCCCCC(=O)N[C@H](CN1CCCC1)[C@H](OC(=O)C(C)C)c1ccc2c(c1)OCCO2.CCCCCCCC(=O)N[C@H](CN1CCCC1)[C@H](OC(=O)C(C)C)c1ccc2c(c1)OCCO2.O=C(O)[C@@H](O)[C@H](O)C(=O)O. The standard InChI is InChI=1S/3C27H42N2O5.C23H36N2O4.C4H7ClO.C4H6O6.2CH4/c3*1-4-5-6-7-8-11-25(30)28-22(19-29-14-9-10-15-29)26(34-27(31)20(2)3)21-12-13-23-24(18-21)33-17-16-32-23;1-2-3-4-5-6-9-22(26)24-19(17-25-12-7-8-13-25)23(27)18-10-11-20-21(16-18)29-15-14-28-20;1-3(2)4(5)6;5-1(3(7)8)2(6)4(9)10;;/h3*12-13,18,20,22,26H,4-11,14-17,19H2,1-3H3,(H,28,30);10-11,16,19,23,27H,2-9,12-15,17H2,1H3,(H,24,26);3H,1-2H3;1-2,5-6H,(H,7,8)(H,9,10);2*1H4/t3*22-,26-;19-,23-;;1-,2-;;/m1111.0../s1. The summed E-state index contributed by atoms with van der Waals surface area (Å²) in [6, 6.07) is 21.2. The summed E-state index contributed by atoms with van der Waals surface area (Å²) in [5.74, 6) is 0.294. The molecular weight excluding hydrogens is 1930 g/mol. The Morgan fingerprint density at radius 3 is 0.718 bits per heavy atom. The Balaban J connectivity index is 0.000000331. The molecule has 842 valence electrons. The molecule has 8 aliphatic rings. The number of ether oxygens (including phenoxy) is 11. The zero-order chi connectivity index (χ0) is 107. The summed E-state index contributed by atoms with van der Waals surface area (Å²) in [6.45, 7) is 37.9. The van der Waals surface area contributed by atoms with Gasteiger partial charge in [0.15, 0.2) is 58.2 Å². The number of carboxylic acids is 2. The van der Waals surface area contributed by atoms with Crippen molar-refractivity contribution in [3.8, 4) is 46.0 Å². The van der Waals surface area contributed by atoms with E-state index in [0.717, 1.165) is 184 Å². The fraction of sp³-hybridized carbons (Fsp3) is 0.702. The number of halogens is 1. The summed E-state index contributed by atoms with van der Waals surface area (Å²) >= 11 is 4.97. The Morgan fingerprint density at radius 1 is 0.302 bits per heavy atom. The van der Waals surface area contributed by atoms with Crippen molar-refractivity contribution < 1.29 is 126 Å². The lowest BCUT2D eigenvalue weighted by Gasteiger charge is -2.32. The van der Waals surface area contributed by atoms with Crippen LogP contribution in [0.3, 0.4) is 0 Å². The van der Waals surface area contributed by atoms with Crippen molar-refractivity contribution in [2.75, 3.05) is 131 Å². The number of benzene rings is 4. The molecule has 0 aliphatic carbocycles. The number of hydrogen-bond donors (Lipinski definition) is 9. The number of carbonyl (C=O) groups excluding carboxylic acids is 8. The molecule has 0 spiro atoms. The summed E-state index contributed by atoms with van der Waals surface area (Å²) in [5.41, 5.74) is 3.18. The topological polar surface area (TPSA) is 434 Å². The number of unbranched alkanes of at least 4 members (excludes halogenated alkanes) is 16. The van der Waals surface area contributed by atoms with Gasteiger partial charge in [0.25, 0.3) is 0 Å². The molecule has 4 aromatic carbocycles. The van der Waals surface area contributed by atoms with Crippen molar-refractivity contribution in [1.82, 2.24) is 40.9 Å². The maximum Gasteiger partial charge on any atom is 0.335 e. The van der Waals surface area contributed by atoms with Crippen LogP contribution in [0, 0.1) is 23.7 Å². The third-order valence-corrected chi connectivity index (χ3v) is 26.9. The summed E-state index contributed by atoms with van der Waals surface area (Å²) in [4.78, 5) is 128. The van der Waals surface area contributed by atoms with Gasteiger partial charge in [-0.05, 0) is 212 Å². The highest BCUT2D eigenvalue weighted by molar-refractivity contribution is 6.63. The third kappa shape index (κ3) is 48.4. The van der Waals surface area contributed by atoms with Gasteiger partial charge in [-0.15, -0.1) is 0 Å². The first-order valence-electron chi connectivity index (χ1n) is 54.7. The van der Waals surface area contributed by atoms with Crippen molar-refractivity contribution in [3.63, 3.8) is 0 Å². The first-order valence-corrected chi connectivity index (χ1v) is 55.0. The molecule has 0 unspecified atom stereocenters. The lowest BCUT2D eigenvalue weighted by molar-refractivity contribution is -0.165. The fourth-order valence-corrected chi connectivity index (χ4v) is 17.9. The number of fused-ring (bicyclic) bond motifs is 4. The third-order valence-electron chi connectivity index (χ3n) is 26.5. The lowest BCUT2D eigenvalue weighted by atomic mass is 9.99. The van der Waals surface area contributed by atoms with Crippen molar-refractivity contribution in [1.29, 1.82) is 0 Å². The van der Waals surface area contributed by atoms with E-state index >= 15 is 0 Å². The van der Waals surface area contributed by atoms with E-state index in [9.17, 15) is 53.1 Å². The van der Waals surface area contributed by atoms with Crippen LogP contribution in [0.15, 0.2) is 72.8 Å². The number of hydrogen-bond acceptors (Lipinski definition) is 28. The van der Waals surface area contributed by atoms with Crippen LogP contribution in [-0.2, 0) is 62.2 Å². The molecule has 4 amide bonds. The second-order valence-electron chi connectivity index (χ2n) is 40.5. The number of aliphatic hydroxyl groups excluding tert-OH is 3. The van der Waals surface area contributed by atoms with Gasteiger partial charge in [0.1, 0.15) is 77.3 Å². The number of nitrogens with one attached hydrogen (secondary N) is 4. The molecule has 9 N–H and O–H groups in total. The van der Waals surface area contributed by atoms with Gasteiger partial charge < -0.3 is 119 Å². The van der Waals surface area contributed by atoms with Crippen molar-refractivity contribution in [2.24, 2.45) is 23.7 Å². The minimum absolute atomic E-state index is 0. The van der Waals surface area contributed by atoms with Crippen molar-refractivity contribution in [2.45, 2.75) is 364 Å². The van der Waals surface area contributed by atoms with Gasteiger partial charge in [-0.3, -0.25) is 38.4 Å². The van der Waals surface area contributed by atoms with Gasteiger partial charge in [-0.25, -0.2) is 9.59 Å². The highest BCUT2D eigenvalue weighted by Crippen LogP contribution is 2.41. The molecule has 0 aromatic heterocycles. The predicted octanol–water partition coefficient (Wildman–Crippen LogP) is 17.9. The van der Waals surface area contributed by atoms with Crippen LogP contribution in [0.25, 0.3) is 0 Å². The number of aliphatic hydroxyl groups is 3. The fourth-order valence-electron chi connectivity index (χ4n) is 17.9. The first kappa shape index (κ1) is 130. The average Bonchev–Trinajstić information content (AvgIpc) is 1.68. The summed E-state index contributed by atoms with van der Waals surface area (Å²) in [5, 5.41) is 56.1. The highest BCUT2D eigenvalue weighted by atomic mass is 35.5. The smallest absolute Gasteiger partial charge is 0.335 e. The monoisotopic (exact) mass is 2120 g/mol. The first-order chi connectivity index (χ1) is 70.7. The highest BCUT2D eigenvalue weighted by Gasteiger charge is 2.39. The number of rotatable bonds is 54. The molecule has 4 aromatic rings. The van der Waals surface area contributed by atoms with E-state index in [-0.39, 0.29) is 109 Å². The molecule has 8 heterocycles. The Labute approximate surface area is 892 Å². The van der Waals surface area contributed by atoms with Crippen LogP contribution in [0.4, 0.5) is 0 Å². The zero-order valence-electron chi connectivity index (χ0n) is 89.8. The van der Waals surface area contributed by atoms with E-state index in [0.29, 0.717) is 151 Å². The van der Waals surface area contributed by atoms with Gasteiger partial charge in [0.05, 0.1) is 41.9 Å². The molecule has 8 aliphatic heterocycles. The molecule has 4 saturated heterocycles. The van der Waals surface area contributed by atoms with Gasteiger partial charge >= 0.3 is 29.8 Å². The Hall–Kier alpha value is -9.81. The molecule has 12 rings (SSSR count). The molecule has 34 nitrogen and oxygen atoms in total. The Bertz CT molecular complexity index is 4230. The maximum absolute atomic E-state index is 12.9. The van der Waals surface area contributed by atoms with Crippen LogP contribution in [0.2, 0.25) is 0 Å². The largest absolute Gasteiger partial charge is 0.486 e. The number of aliphatic carboxylic acids is 2. The van der Waals surface area contributed by atoms with Crippen molar-refractivity contribution in [3.05, 3.63) is 95.1 Å². The molecule has 35 heteroatoms. The Morgan fingerprint density at radius 2 is 0.503 bits per heavy atom. The van der Waals surface area contributed by atoms with E-state index in [1.165, 1.54) is 70.6 Å². The van der Waals surface area contributed by atoms with Crippen LogP contribution < -0.4 is 59.2 Å². The van der Waals surface area contributed by atoms with Gasteiger partial charge in [-0.2, -0.15) is 0 Å². The molecule has 10 atom stereocenters. The number of carbonyl (C=O) groups is 10. The Kier molecular flexibility index (Phi) is 63.2. The van der Waals surface area contributed by atoms with Gasteiger partial charge in [-0.1, -0.05) is 225 Å². The molecule has 149 heavy (non-hydrogen) atoms. The quantitative estimate of drug-likeness (QED) is 0.00858. The lowest BCUT2D eigenvalue weighted by Crippen LogP contribution is -2.48. The number of nitrogens with zero attached hydrogens (tertiary/aromatic N) is 4. The molecular formula is C114H183ClN8O26. The van der Waals surface area contributed by atoms with Gasteiger partial charge in [0, 0.05) is 57.8 Å². The van der Waals surface area contributed by atoms with E-state index in [4.69, 9.17) is 84.1 Å².